The third-order valence-corrected chi connectivity index (χ3v) is 3.57. The Balaban J connectivity index is 2.14. The van der Waals surface area contributed by atoms with Crippen LogP contribution in [0.1, 0.15) is 45.8 Å². The Morgan fingerprint density at radius 3 is 2.54 bits per heavy atom. The Hall–Kier alpha value is -2.69. The van der Waals surface area contributed by atoms with E-state index in [-0.39, 0.29) is 17.5 Å². The first-order valence-electron chi connectivity index (χ1n) is 7.99. The summed E-state index contributed by atoms with van der Waals surface area (Å²) in [6, 6.07) is 8.98. The fraction of sp³-hybridized carbons (Fsp3) is 0.316. The third-order valence-electron chi connectivity index (χ3n) is 3.57. The topological polar surface area (TPSA) is 71.1 Å². The van der Waals surface area contributed by atoms with Gasteiger partial charge in [0.25, 0.3) is 11.8 Å². The number of pyridine rings is 1. The number of nitrogens with one attached hydrogen (secondary N) is 2. The monoisotopic (exact) mass is 325 g/mol. The summed E-state index contributed by atoms with van der Waals surface area (Å²) in [5, 5.41) is 5.68. The van der Waals surface area contributed by atoms with Crippen LogP contribution in [0.25, 0.3) is 0 Å². The number of carbonyl (C=O) groups excluding carboxylic acids is 2. The SMILES string of the molecule is Cc1ccc(C)c(NC(=O)c2ccnc(C(=O)NCC(C)C)c2)c1. The molecule has 0 radical (unpaired) electrons. The highest BCUT2D eigenvalue weighted by molar-refractivity contribution is 6.06. The lowest BCUT2D eigenvalue weighted by molar-refractivity contribution is 0.0944. The molecule has 1 aromatic heterocycles. The molecular weight excluding hydrogens is 302 g/mol. The molecule has 126 valence electrons. The fourth-order valence-corrected chi connectivity index (χ4v) is 2.15. The molecule has 0 fully saturated rings. The van der Waals surface area contributed by atoms with Crippen LogP contribution in [-0.2, 0) is 0 Å². The van der Waals surface area contributed by atoms with Crippen molar-refractivity contribution in [1.82, 2.24) is 10.3 Å². The van der Waals surface area contributed by atoms with Gasteiger partial charge in [0.05, 0.1) is 0 Å². The number of benzene rings is 1. The van der Waals surface area contributed by atoms with Crippen molar-refractivity contribution in [2.24, 2.45) is 5.92 Å². The van der Waals surface area contributed by atoms with Gasteiger partial charge in [-0.05, 0) is 49.1 Å². The van der Waals surface area contributed by atoms with Gasteiger partial charge in [0, 0.05) is 24.0 Å². The second kappa shape index (κ2) is 7.73. The van der Waals surface area contributed by atoms with Gasteiger partial charge in [0.2, 0.25) is 0 Å². The minimum Gasteiger partial charge on any atom is -0.350 e. The highest BCUT2D eigenvalue weighted by Crippen LogP contribution is 2.17. The molecule has 5 nitrogen and oxygen atoms in total. The quantitative estimate of drug-likeness (QED) is 0.885. The van der Waals surface area contributed by atoms with Crippen molar-refractivity contribution < 1.29 is 9.59 Å². The largest absolute Gasteiger partial charge is 0.350 e. The van der Waals surface area contributed by atoms with E-state index < -0.39 is 0 Å². The van der Waals surface area contributed by atoms with Crippen LogP contribution in [0.2, 0.25) is 0 Å². The standard InChI is InChI=1S/C19H23N3O2/c1-12(2)11-21-19(24)17-10-15(7-8-20-17)18(23)22-16-9-13(3)5-6-14(16)4/h5-10,12H,11H2,1-4H3,(H,21,24)(H,22,23). The van der Waals surface area contributed by atoms with Crippen LogP contribution in [-0.4, -0.2) is 23.3 Å². The average Bonchev–Trinajstić information content (AvgIpc) is 2.56. The van der Waals surface area contributed by atoms with E-state index in [4.69, 9.17) is 0 Å². The lowest BCUT2D eigenvalue weighted by Crippen LogP contribution is -2.28. The third kappa shape index (κ3) is 4.65. The minimum atomic E-state index is -0.273. The lowest BCUT2D eigenvalue weighted by Gasteiger charge is -2.10. The molecule has 1 aromatic carbocycles. The summed E-state index contributed by atoms with van der Waals surface area (Å²) in [6.45, 7) is 8.51. The Kier molecular flexibility index (Phi) is 5.68. The summed E-state index contributed by atoms with van der Waals surface area (Å²) in [7, 11) is 0. The molecule has 2 rings (SSSR count). The fourth-order valence-electron chi connectivity index (χ4n) is 2.15. The molecule has 2 amide bonds. The second-order valence-corrected chi connectivity index (χ2v) is 6.31. The van der Waals surface area contributed by atoms with Gasteiger partial charge >= 0.3 is 0 Å². The van der Waals surface area contributed by atoms with Gasteiger partial charge in [-0.1, -0.05) is 26.0 Å². The van der Waals surface area contributed by atoms with Gasteiger partial charge in [0.1, 0.15) is 5.69 Å². The second-order valence-electron chi connectivity index (χ2n) is 6.31. The Bertz CT molecular complexity index is 754. The molecule has 24 heavy (non-hydrogen) atoms. The summed E-state index contributed by atoms with van der Waals surface area (Å²) in [5.74, 6) is -0.182. The lowest BCUT2D eigenvalue weighted by atomic mass is 10.1. The predicted octanol–water partition coefficient (Wildman–Crippen LogP) is 3.34. The van der Waals surface area contributed by atoms with Crippen molar-refractivity contribution in [3.63, 3.8) is 0 Å². The highest BCUT2D eigenvalue weighted by atomic mass is 16.2. The van der Waals surface area contributed by atoms with Crippen LogP contribution in [0, 0.1) is 19.8 Å². The first-order valence-corrected chi connectivity index (χ1v) is 7.99. The van der Waals surface area contributed by atoms with Crippen molar-refractivity contribution in [3.05, 3.63) is 58.9 Å². The van der Waals surface area contributed by atoms with Gasteiger partial charge in [-0.3, -0.25) is 14.6 Å². The number of nitrogens with zero attached hydrogens (tertiary/aromatic N) is 1. The van der Waals surface area contributed by atoms with E-state index in [2.05, 4.69) is 15.6 Å². The number of hydrogen-bond donors (Lipinski definition) is 2. The van der Waals surface area contributed by atoms with Crippen molar-refractivity contribution in [3.8, 4) is 0 Å². The van der Waals surface area contributed by atoms with Gasteiger partial charge in [-0.25, -0.2) is 0 Å². The molecule has 2 aromatic rings. The van der Waals surface area contributed by atoms with Crippen molar-refractivity contribution >= 4 is 17.5 Å². The maximum Gasteiger partial charge on any atom is 0.269 e. The number of carbonyl (C=O) groups is 2. The van der Waals surface area contributed by atoms with E-state index >= 15 is 0 Å². The van der Waals surface area contributed by atoms with Gasteiger partial charge in [-0.2, -0.15) is 0 Å². The van der Waals surface area contributed by atoms with Crippen molar-refractivity contribution in [1.29, 1.82) is 0 Å². The van der Waals surface area contributed by atoms with Crippen LogP contribution in [0.5, 0.6) is 0 Å². The normalized spacial score (nSPS) is 10.5. The summed E-state index contributed by atoms with van der Waals surface area (Å²) >= 11 is 0. The zero-order valence-corrected chi connectivity index (χ0v) is 14.5. The molecule has 0 aliphatic carbocycles. The van der Waals surface area contributed by atoms with E-state index in [0.29, 0.717) is 18.0 Å². The molecule has 0 aliphatic rings. The van der Waals surface area contributed by atoms with E-state index in [1.807, 2.05) is 45.9 Å². The molecule has 0 aliphatic heterocycles. The highest BCUT2D eigenvalue weighted by Gasteiger charge is 2.13. The van der Waals surface area contributed by atoms with Crippen LogP contribution < -0.4 is 10.6 Å². The summed E-state index contributed by atoms with van der Waals surface area (Å²) in [4.78, 5) is 28.6. The van der Waals surface area contributed by atoms with Crippen LogP contribution in [0.3, 0.4) is 0 Å². The van der Waals surface area contributed by atoms with Crippen LogP contribution >= 0.6 is 0 Å². The first-order chi connectivity index (χ1) is 11.4. The molecular formula is C19H23N3O2. The molecule has 5 heteroatoms. The molecule has 2 N–H and O–H groups in total. The Labute approximate surface area is 142 Å². The number of rotatable bonds is 5. The average molecular weight is 325 g/mol. The Morgan fingerprint density at radius 2 is 1.83 bits per heavy atom. The zero-order chi connectivity index (χ0) is 17.7. The minimum absolute atomic E-state index is 0.240. The zero-order valence-electron chi connectivity index (χ0n) is 14.5. The smallest absolute Gasteiger partial charge is 0.269 e. The Morgan fingerprint density at radius 1 is 1.08 bits per heavy atom. The van der Waals surface area contributed by atoms with Crippen molar-refractivity contribution in [2.75, 3.05) is 11.9 Å². The molecule has 0 saturated carbocycles. The van der Waals surface area contributed by atoms with Gasteiger partial charge in [-0.15, -0.1) is 0 Å². The van der Waals surface area contributed by atoms with Crippen molar-refractivity contribution in [2.45, 2.75) is 27.7 Å². The summed E-state index contributed by atoms with van der Waals surface area (Å²) < 4.78 is 0. The summed E-state index contributed by atoms with van der Waals surface area (Å²) in [5.41, 5.74) is 3.46. The number of anilines is 1. The van der Waals surface area contributed by atoms with E-state index in [9.17, 15) is 9.59 Å². The summed E-state index contributed by atoms with van der Waals surface area (Å²) in [6.07, 6.45) is 1.47. The molecule has 0 saturated heterocycles. The molecule has 0 spiro atoms. The maximum absolute atomic E-state index is 12.4. The van der Waals surface area contributed by atoms with Gasteiger partial charge < -0.3 is 10.6 Å². The van der Waals surface area contributed by atoms with E-state index in [1.54, 1.807) is 6.07 Å². The maximum atomic E-state index is 12.4. The van der Waals surface area contributed by atoms with Crippen LogP contribution in [0.4, 0.5) is 5.69 Å². The molecule has 0 unspecified atom stereocenters. The predicted molar refractivity (Wildman–Crippen MR) is 95.3 cm³/mol. The van der Waals surface area contributed by atoms with Crippen LogP contribution in [0.15, 0.2) is 36.5 Å². The molecule has 1 heterocycles. The van der Waals surface area contributed by atoms with E-state index in [0.717, 1.165) is 16.8 Å². The van der Waals surface area contributed by atoms with E-state index in [1.165, 1.54) is 12.3 Å². The molecule has 0 atom stereocenters. The molecule has 0 bridgehead atoms. The number of aryl methyl sites for hydroxylation is 2. The van der Waals surface area contributed by atoms with Gasteiger partial charge in [0.15, 0.2) is 0 Å². The first kappa shape index (κ1) is 17.7. The number of hydrogen-bond acceptors (Lipinski definition) is 3. The number of aromatic nitrogens is 1. The number of amides is 2.